The second-order valence-electron chi connectivity index (χ2n) is 4.14. The van der Waals surface area contributed by atoms with Gasteiger partial charge in [-0.3, -0.25) is 4.79 Å². The predicted molar refractivity (Wildman–Crippen MR) is 73.1 cm³/mol. The highest BCUT2D eigenvalue weighted by Crippen LogP contribution is 2.18. The molecule has 1 aromatic rings. The number of likely N-dealkylation sites (N-methyl/N-ethyl adjacent to an activating group) is 1. The molecule has 0 heterocycles. The molecule has 4 heteroatoms. The first-order valence-corrected chi connectivity index (χ1v) is 6.74. The summed E-state index contributed by atoms with van der Waals surface area (Å²) in [4.78, 5) is 14.3. The molecule has 94 valence electrons. The Balaban J connectivity index is 2.18. The number of carbonyl (C=O) groups is 1. The van der Waals surface area contributed by atoms with Gasteiger partial charge in [-0.15, -0.1) is 11.8 Å². The lowest BCUT2D eigenvalue weighted by Crippen LogP contribution is -2.39. The number of thioether (sulfide) groups is 1. The van der Waals surface area contributed by atoms with E-state index in [1.54, 1.807) is 30.8 Å². The van der Waals surface area contributed by atoms with Crippen molar-refractivity contribution in [3.63, 3.8) is 0 Å². The van der Waals surface area contributed by atoms with Crippen molar-refractivity contribution in [2.45, 2.75) is 23.8 Å². The van der Waals surface area contributed by atoms with Gasteiger partial charge in [0.25, 0.3) is 0 Å². The van der Waals surface area contributed by atoms with E-state index in [2.05, 4.69) is 12.1 Å². The topological polar surface area (TPSA) is 46.3 Å². The minimum absolute atomic E-state index is 0.00899. The highest BCUT2D eigenvalue weighted by Gasteiger charge is 2.14. The summed E-state index contributed by atoms with van der Waals surface area (Å²) in [5.41, 5.74) is 5.80. The number of benzene rings is 1. The van der Waals surface area contributed by atoms with Crippen LogP contribution in [-0.2, 0) is 4.79 Å². The Hall–Kier alpha value is -1.00. The van der Waals surface area contributed by atoms with Gasteiger partial charge < -0.3 is 10.6 Å². The van der Waals surface area contributed by atoms with Crippen LogP contribution in [0, 0.1) is 0 Å². The van der Waals surface area contributed by atoms with Gasteiger partial charge in [-0.05, 0) is 30.7 Å². The zero-order chi connectivity index (χ0) is 12.7. The summed E-state index contributed by atoms with van der Waals surface area (Å²) in [5.74, 6) is 1.01. The fourth-order valence-corrected chi connectivity index (χ4v) is 2.36. The lowest BCUT2D eigenvalue weighted by atomic mass is 10.1. The van der Waals surface area contributed by atoms with Crippen molar-refractivity contribution in [2.24, 2.45) is 5.73 Å². The van der Waals surface area contributed by atoms with E-state index in [-0.39, 0.29) is 11.9 Å². The van der Waals surface area contributed by atoms with Gasteiger partial charge in [0.05, 0.1) is 6.04 Å². The molecule has 0 aromatic heterocycles. The van der Waals surface area contributed by atoms with Gasteiger partial charge in [-0.2, -0.15) is 0 Å². The van der Waals surface area contributed by atoms with Gasteiger partial charge in [0.1, 0.15) is 0 Å². The first-order chi connectivity index (χ1) is 8.11. The molecule has 17 heavy (non-hydrogen) atoms. The average molecular weight is 252 g/mol. The highest BCUT2D eigenvalue weighted by atomic mass is 32.2. The molecule has 3 nitrogen and oxygen atoms in total. The Morgan fingerprint density at radius 1 is 1.35 bits per heavy atom. The molecule has 0 aliphatic rings. The number of amides is 1. The summed E-state index contributed by atoms with van der Waals surface area (Å²) in [5, 5.41) is 0. The molecule has 0 saturated heterocycles. The van der Waals surface area contributed by atoms with Crippen LogP contribution in [0.2, 0.25) is 0 Å². The fraction of sp³-hybridized carbons (Fsp3) is 0.462. The van der Waals surface area contributed by atoms with Gasteiger partial charge >= 0.3 is 0 Å². The molecule has 1 atom stereocenters. The van der Waals surface area contributed by atoms with Gasteiger partial charge in [0.15, 0.2) is 0 Å². The van der Waals surface area contributed by atoms with Crippen LogP contribution >= 0.6 is 11.8 Å². The maximum absolute atomic E-state index is 11.5. The first-order valence-electron chi connectivity index (χ1n) is 5.76. The van der Waals surface area contributed by atoms with E-state index in [4.69, 9.17) is 5.73 Å². The standard InChI is InChI=1S/C13H20N2OS/c1-15(2)13(16)12(14)9-6-10-17-11-7-4-3-5-8-11/h3-5,7-8,12H,6,9-10,14H2,1-2H3. The predicted octanol–water partition coefficient (Wildman–Crippen LogP) is 1.97. The normalized spacial score (nSPS) is 12.2. The first kappa shape index (κ1) is 14.1. The Morgan fingerprint density at radius 2 is 2.00 bits per heavy atom. The lowest BCUT2D eigenvalue weighted by molar-refractivity contribution is -0.130. The van der Waals surface area contributed by atoms with Crippen LogP contribution in [-0.4, -0.2) is 36.7 Å². The van der Waals surface area contributed by atoms with Crippen LogP contribution in [0.4, 0.5) is 0 Å². The monoisotopic (exact) mass is 252 g/mol. The third-order valence-corrected chi connectivity index (χ3v) is 3.53. The van der Waals surface area contributed by atoms with Crippen molar-refractivity contribution in [2.75, 3.05) is 19.8 Å². The molecular weight excluding hydrogens is 232 g/mol. The molecule has 0 bridgehead atoms. The zero-order valence-corrected chi connectivity index (χ0v) is 11.2. The van der Waals surface area contributed by atoms with Crippen molar-refractivity contribution in [3.05, 3.63) is 30.3 Å². The van der Waals surface area contributed by atoms with Gasteiger partial charge in [-0.1, -0.05) is 18.2 Å². The largest absolute Gasteiger partial charge is 0.347 e. The minimum Gasteiger partial charge on any atom is -0.347 e. The maximum Gasteiger partial charge on any atom is 0.238 e. The molecule has 0 aliphatic carbocycles. The van der Waals surface area contributed by atoms with Crippen LogP contribution in [0.25, 0.3) is 0 Å². The Morgan fingerprint density at radius 3 is 2.59 bits per heavy atom. The van der Waals surface area contributed by atoms with Crippen LogP contribution in [0.5, 0.6) is 0 Å². The molecule has 1 aromatic carbocycles. The second kappa shape index (κ2) is 7.35. The number of rotatable bonds is 6. The molecule has 1 amide bonds. The maximum atomic E-state index is 11.5. The van der Waals surface area contributed by atoms with Crippen LogP contribution in [0.1, 0.15) is 12.8 Å². The average Bonchev–Trinajstić information content (AvgIpc) is 2.34. The Kier molecular flexibility index (Phi) is 6.08. The molecule has 0 radical (unpaired) electrons. The van der Waals surface area contributed by atoms with E-state index < -0.39 is 0 Å². The summed E-state index contributed by atoms with van der Waals surface area (Å²) in [6, 6.07) is 9.90. The number of hydrogen-bond donors (Lipinski definition) is 1. The summed E-state index contributed by atoms with van der Waals surface area (Å²) in [6.45, 7) is 0. The van der Waals surface area contributed by atoms with Gasteiger partial charge in [-0.25, -0.2) is 0 Å². The van der Waals surface area contributed by atoms with E-state index in [0.717, 1.165) is 18.6 Å². The molecule has 1 rings (SSSR count). The number of hydrogen-bond acceptors (Lipinski definition) is 3. The van der Waals surface area contributed by atoms with Crippen molar-refractivity contribution >= 4 is 17.7 Å². The van der Waals surface area contributed by atoms with Crippen molar-refractivity contribution < 1.29 is 4.79 Å². The fourth-order valence-electron chi connectivity index (χ4n) is 1.47. The van der Waals surface area contributed by atoms with Crippen LogP contribution < -0.4 is 5.73 Å². The smallest absolute Gasteiger partial charge is 0.238 e. The van der Waals surface area contributed by atoms with Crippen molar-refractivity contribution in [3.8, 4) is 0 Å². The third-order valence-electron chi connectivity index (χ3n) is 2.43. The Bertz CT molecular complexity index is 341. The zero-order valence-electron chi connectivity index (χ0n) is 10.4. The number of nitrogens with two attached hydrogens (primary N) is 1. The van der Waals surface area contributed by atoms with E-state index >= 15 is 0 Å². The van der Waals surface area contributed by atoms with Crippen molar-refractivity contribution in [1.29, 1.82) is 0 Å². The molecule has 0 spiro atoms. The SMILES string of the molecule is CN(C)C(=O)C(N)CCCSc1ccccc1. The third kappa shape index (κ3) is 5.24. The molecule has 0 fully saturated rings. The van der Waals surface area contributed by atoms with Gasteiger partial charge in [0.2, 0.25) is 5.91 Å². The van der Waals surface area contributed by atoms with E-state index in [0.29, 0.717) is 0 Å². The number of carbonyl (C=O) groups excluding carboxylic acids is 1. The van der Waals surface area contributed by atoms with Crippen molar-refractivity contribution in [1.82, 2.24) is 4.90 Å². The molecular formula is C13H20N2OS. The highest BCUT2D eigenvalue weighted by molar-refractivity contribution is 7.99. The number of nitrogens with zero attached hydrogens (tertiary/aromatic N) is 1. The molecule has 2 N–H and O–H groups in total. The summed E-state index contributed by atoms with van der Waals surface area (Å²) in [6.07, 6.45) is 1.71. The summed E-state index contributed by atoms with van der Waals surface area (Å²) in [7, 11) is 3.47. The van der Waals surface area contributed by atoms with E-state index in [9.17, 15) is 4.79 Å². The Labute approximate surface area is 107 Å². The molecule has 1 unspecified atom stereocenters. The molecule has 0 saturated carbocycles. The molecule has 0 aliphatic heterocycles. The van der Waals surface area contributed by atoms with E-state index in [1.165, 1.54) is 4.90 Å². The van der Waals surface area contributed by atoms with Crippen LogP contribution in [0.15, 0.2) is 35.2 Å². The minimum atomic E-state index is -0.360. The quantitative estimate of drug-likeness (QED) is 0.622. The van der Waals surface area contributed by atoms with E-state index in [1.807, 2.05) is 18.2 Å². The van der Waals surface area contributed by atoms with Crippen LogP contribution in [0.3, 0.4) is 0 Å². The summed E-state index contributed by atoms with van der Waals surface area (Å²) < 4.78 is 0. The summed E-state index contributed by atoms with van der Waals surface area (Å²) >= 11 is 1.80. The van der Waals surface area contributed by atoms with Gasteiger partial charge in [0, 0.05) is 19.0 Å². The lowest BCUT2D eigenvalue weighted by Gasteiger charge is -2.16. The second-order valence-corrected chi connectivity index (χ2v) is 5.31.